The van der Waals surface area contributed by atoms with Crippen molar-refractivity contribution >= 4 is 5.97 Å². The Morgan fingerprint density at radius 3 is 2.60 bits per heavy atom. The zero-order valence-corrected chi connectivity index (χ0v) is 11.8. The molecule has 4 heteroatoms. The molecule has 0 amide bonds. The number of carbonyl (C=O) groups is 1. The van der Waals surface area contributed by atoms with E-state index in [1.807, 2.05) is 37.3 Å². The van der Waals surface area contributed by atoms with E-state index in [2.05, 4.69) is 4.85 Å². The van der Waals surface area contributed by atoms with Crippen molar-refractivity contribution < 1.29 is 14.3 Å². The molecule has 0 bridgehead atoms. The quantitative estimate of drug-likeness (QED) is 0.434. The fourth-order valence-corrected chi connectivity index (χ4v) is 1.67. The van der Waals surface area contributed by atoms with E-state index in [1.54, 1.807) is 6.92 Å². The molecule has 0 aromatic heterocycles. The highest BCUT2D eigenvalue weighted by Gasteiger charge is 2.29. The molecule has 0 radical (unpaired) electrons. The van der Waals surface area contributed by atoms with E-state index in [-0.39, 0.29) is 6.61 Å². The molecule has 0 heterocycles. The van der Waals surface area contributed by atoms with Crippen LogP contribution in [0, 0.1) is 6.57 Å². The summed E-state index contributed by atoms with van der Waals surface area (Å²) in [6.45, 7) is 11.4. The molecule has 0 aliphatic heterocycles. The lowest BCUT2D eigenvalue weighted by Gasteiger charge is -2.08. The second-order valence-corrected chi connectivity index (χ2v) is 4.13. The number of nitrogens with zero attached hydrogens (tertiary/aromatic N) is 1. The van der Waals surface area contributed by atoms with Crippen LogP contribution in [0.3, 0.4) is 0 Å². The molecule has 0 N–H and O–H groups in total. The van der Waals surface area contributed by atoms with Crippen LogP contribution in [0.1, 0.15) is 25.8 Å². The normalized spacial score (nSPS) is 12.3. The fraction of sp³-hybridized carbons (Fsp3) is 0.375. The summed E-state index contributed by atoms with van der Waals surface area (Å²) in [6.07, 6.45) is 2.08. The number of rotatable bonds is 7. The monoisotopic (exact) mass is 273 g/mol. The lowest BCUT2D eigenvalue weighted by Crippen LogP contribution is -2.22. The van der Waals surface area contributed by atoms with Crippen LogP contribution in [-0.2, 0) is 20.9 Å². The number of esters is 1. The van der Waals surface area contributed by atoms with Gasteiger partial charge in [0.05, 0.1) is 18.4 Å². The van der Waals surface area contributed by atoms with Crippen molar-refractivity contribution in [2.75, 3.05) is 6.61 Å². The Kier molecular flexibility index (Phi) is 6.91. The predicted molar refractivity (Wildman–Crippen MR) is 76.6 cm³/mol. The summed E-state index contributed by atoms with van der Waals surface area (Å²) in [5, 5.41) is 0. The Labute approximate surface area is 119 Å². The first-order valence-corrected chi connectivity index (χ1v) is 6.60. The average Bonchev–Trinajstić information content (AvgIpc) is 2.47. The third-order valence-electron chi connectivity index (χ3n) is 2.73. The fourth-order valence-electron chi connectivity index (χ4n) is 1.67. The number of hydrogen-bond acceptors (Lipinski definition) is 3. The molecular weight excluding hydrogens is 254 g/mol. The van der Waals surface area contributed by atoms with Gasteiger partial charge in [0.1, 0.15) is 6.61 Å². The van der Waals surface area contributed by atoms with Crippen molar-refractivity contribution in [3.63, 3.8) is 0 Å². The van der Waals surface area contributed by atoms with Crippen molar-refractivity contribution in [2.24, 2.45) is 0 Å². The molecule has 0 aliphatic rings. The summed E-state index contributed by atoms with van der Waals surface area (Å²) in [4.78, 5) is 15.0. The zero-order valence-electron chi connectivity index (χ0n) is 11.8. The second-order valence-electron chi connectivity index (χ2n) is 4.13. The van der Waals surface area contributed by atoms with Gasteiger partial charge in [-0.1, -0.05) is 37.3 Å². The van der Waals surface area contributed by atoms with Crippen LogP contribution in [-0.4, -0.2) is 18.6 Å². The van der Waals surface area contributed by atoms with Gasteiger partial charge in [-0.05, 0) is 18.9 Å². The van der Waals surface area contributed by atoms with E-state index in [1.165, 1.54) is 6.26 Å². The van der Waals surface area contributed by atoms with Gasteiger partial charge in [0.25, 0.3) is 0 Å². The summed E-state index contributed by atoms with van der Waals surface area (Å²) < 4.78 is 10.4. The van der Waals surface area contributed by atoms with E-state index in [0.717, 1.165) is 5.56 Å². The SMILES string of the molecule is [C-]#[N+]C(C(=O)OCC)/C(=C\OCc1ccccc1)CC. The molecule has 106 valence electrons. The first kappa shape index (κ1) is 15.8. The van der Waals surface area contributed by atoms with E-state index in [9.17, 15) is 4.79 Å². The Bertz CT molecular complexity index is 488. The van der Waals surface area contributed by atoms with Crippen LogP contribution in [0.5, 0.6) is 0 Å². The molecular formula is C16H19NO3. The number of benzene rings is 1. The van der Waals surface area contributed by atoms with Crippen molar-refractivity contribution in [3.05, 3.63) is 59.1 Å². The van der Waals surface area contributed by atoms with Gasteiger partial charge in [-0.2, -0.15) is 0 Å². The van der Waals surface area contributed by atoms with Crippen molar-refractivity contribution in [1.29, 1.82) is 0 Å². The number of carbonyl (C=O) groups excluding carboxylic acids is 1. The van der Waals surface area contributed by atoms with E-state index < -0.39 is 12.0 Å². The summed E-state index contributed by atoms with van der Waals surface area (Å²) >= 11 is 0. The summed E-state index contributed by atoms with van der Waals surface area (Å²) in [5.41, 5.74) is 1.67. The molecule has 0 aliphatic carbocycles. The summed E-state index contributed by atoms with van der Waals surface area (Å²) in [5.74, 6) is -0.515. The first-order valence-electron chi connectivity index (χ1n) is 6.60. The number of hydrogen-bond donors (Lipinski definition) is 0. The van der Waals surface area contributed by atoms with Crippen LogP contribution in [0.2, 0.25) is 0 Å². The third kappa shape index (κ3) is 4.77. The van der Waals surface area contributed by atoms with E-state index >= 15 is 0 Å². The smallest absolute Gasteiger partial charge is 0.395 e. The molecule has 20 heavy (non-hydrogen) atoms. The maximum atomic E-state index is 11.7. The zero-order chi connectivity index (χ0) is 14.8. The molecule has 1 aromatic carbocycles. The standard InChI is InChI=1S/C16H19NO3/c1-4-14(15(17-3)16(18)20-5-2)12-19-11-13-9-7-6-8-10-13/h6-10,12,15H,4-5,11H2,1-2H3/b14-12-. The van der Waals surface area contributed by atoms with Crippen molar-refractivity contribution in [3.8, 4) is 0 Å². The predicted octanol–water partition coefficient (Wildman–Crippen LogP) is 3.35. The molecule has 0 fully saturated rings. The van der Waals surface area contributed by atoms with Crippen LogP contribution >= 0.6 is 0 Å². The Morgan fingerprint density at radius 2 is 2.05 bits per heavy atom. The highest BCUT2D eigenvalue weighted by atomic mass is 16.5. The maximum absolute atomic E-state index is 11.7. The van der Waals surface area contributed by atoms with Crippen molar-refractivity contribution in [2.45, 2.75) is 32.9 Å². The minimum atomic E-state index is -0.907. The minimum Gasteiger partial charge on any atom is -0.496 e. The van der Waals surface area contributed by atoms with Gasteiger partial charge < -0.3 is 9.47 Å². The first-order chi connectivity index (χ1) is 9.72. The lowest BCUT2D eigenvalue weighted by atomic mass is 10.1. The van der Waals surface area contributed by atoms with Crippen molar-refractivity contribution in [1.82, 2.24) is 0 Å². The van der Waals surface area contributed by atoms with E-state index in [0.29, 0.717) is 18.6 Å². The van der Waals surface area contributed by atoms with Crippen LogP contribution < -0.4 is 0 Å². The Balaban J connectivity index is 2.66. The highest BCUT2D eigenvalue weighted by molar-refractivity contribution is 5.81. The Morgan fingerprint density at radius 1 is 1.35 bits per heavy atom. The van der Waals surface area contributed by atoms with Gasteiger partial charge in [0, 0.05) is 0 Å². The molecule has 1 aromatic rings. The highest BCUT2D eigenvalue weighted by Crippen LogP contribution is 2.14. The second kappa shape index (κ2) is 8.76. The summed E-state index contributed by atoms with van der Waals surface area (Å²) in [7, 11) is 0. The largest absolute Gasteiger partial charge is 0.496 e. The number of ether oxygens (including phenoxy) is 2. The molecule has 4 nitrogen and oxygen atoms in total. The molecule has 1 atom stereocenters. The molecule has 0 saturated carbocycles. The Hall–Kier alpha value is -2.28. The molecule has 1 rings (SSSR count). The van der Waals surface area contributed by atoms with Gasteiger partial charge in [-0.3, -0.25) is 4.85 Å². The van der Waals surface area contributed by atoms with Gasteiger partial charge in [0.2, 0.25) is 0 Å². The van der Waals surface area contributed by atoms with Crippen LogP contribution in [0.15, 0.2) is 42.2 Å². The van der Waals surface area contributed by atoms with Gasteiger partial charge >= 0.3 is 12.0 Å². The van der Waals surface area contributed by atoms with Gasteiger partial charge in [-0.25, -0.2) is 11.4 Å². The third-order valence-corrected chi connectivity index (χ3v) is 2.73. The van der Waals surface area contributed by atoms with Crippen LogP contribution in [0.4, 0.5) is 0 Å². The van der Waals surface area contributed by atoms with Gasteiger partial charge in [0.15, 0.2) is 0 Å². The van der Waals surface area contributed by atoms with E-state index in [4.69, 9.17) is 16.0 Å². The minimum absolute atomic E-state index is 0.271. The van der Waals surface area contributed by atoms with Gasteiger partial charge in [-0.15, -0.1) is 0 Å². The lowest BCUT2D eigenvalue weighted by molar-refractivity contribution is -0.142. The molecule has 0 saturated heterocycles. The topological polar surface area (TPSA) is 39.9 Å². The average molecular weight is 273 g/mol. The maximum Gasteiger partial charge on any atom is 0.395 e. The molecule has 1 unspecified atom stereocenters. The summed E-state index contributed by atoms with van der Waals surface area (Å²) in [6, 6.07) is 8.81. The molecule has 0 spiro atoms. The van der Waals surface area contributed by atoms with Crippen LogP contribution in [0.25, 0.3) is 4.85 Å².